The number of carbonyl (C=O) groups excluding carboxylic acids is 1. The molecule has 27 heteroatoms. The number of fused-ring (bicyclic) bond motifs is 2. The van der Waals surface area contributed by atoms with Gasteiger partial charge in [0.25, 0.3) is 0 Å². The summed E-state index contributed by atoms with van der Waals surface area (Å²) in [5.74, 6) is 0.831. The number of rotatable bonds is 11. The van der Waals surface area contributed by atoms with Crippen molar-refractivity contribution in [2.24, 2.45) is 0 Å². The normalized spacial score (nSPS) is 29.6. The minimum Gasteiger partial charge on any atom is -0.390 e. The highest BCUT2D eigenvalue weighted by Crippen LogP contribution is 2.41. The van der Waals surface area contributed by atoms with Gasteiger partial charge in [0.05, 0.1) is 50.3 Å². The largest absolute Gasteiger partial charge is 0.390 e. The van der Waals surface area contributed by atoms with E-state index in [4.69, 9.17) is 23.2 Å². The molecule has 9 N–H and O–H groups in total. The number of amides is 2. The Kier molecular flexibility index (Phi) is 11.4. The summed E-state index contributed by atoms with van der Waals surface area (Å²) in [6, 6.07) is -2.87. The number of urea groups is 1. The summed E-state index contributed by atoms with van der Waals surface area (Å²) in [5, 5.41) is 89.5. The van der Waals surface area contributed by atoms with Gasteiger partial charge in [-0.1, -0.05) is 0 Å². The van der Waals surface area contributed by atoms with E-state index in [1.807, 2.05) is 0 Å². The van der Waals surface area contributed by atoms with Crippen LogP contribution in [0.5, 0.6) is 0 Å². The summed E-state index contributed by atoms with van der Waals surface area (Å²) in [6.45, 7) is 0.331. The van der Waals surface area contributed by atoms with Crippen molar-refractivity contribution < 1.29 is 35.4 Å². The van der Waals surface area contributed by atoms with Crippen LogP contribution in [0.2, 0.25) is 10.6 Å². The van der Waals surface area contributed by atoms with E-state index in [1.165, 1.54) is 28.3 Å². The van der Waals surface area contributed by atoms with E-state index >= 15 is 0 Å². The van der Waals surface area contributed by atoms with E-state index < -0.39 is 48.6 Å². The Bertz CT molecular complexity index is 2650. The van der Waals surface area contributed by atoms with Crippen molar-refractivity contribution in [2.75, 3.05) is 23.7 Å². The number of anilines is 2. The monoisotopic (exact) mass is 924 g/mol. The molecule has 1 saturated heterocycles. The SMILES string of the molecule is O=C(N[C@H]1CC[C@H](Nc2nc(Cl)nc3c2ncn3[C@@H]2C[C@H](n3ncc(CO)n3)[C@@H](O)[C@H]2O)CC1)N1CC[C@@H](Nc2nc(Cl)nc3c2ncn3[C@@H]2C[C@H](n3ncc(CO)n3)[C@@H](O)[C@H]2O)C1. The fourth-order valence-corrected chi connectivity index (χ4v) is 9.96. The van der Waals surface area contributed by atoms with Crippen molar-refractivity contribution in [1.82, 2.24) is 79.2 Å². The van der Waals surface area contributed by atoms with Crippen molar-refractivity contribution in [3.8, 4) is 0 Å². The van der Waals surface area contributed by atoms with E-state index in [0.29, 0.717) is 64.9 Å². The molecule has 2 amide bonds. The van der Waals surface area contributed by atoms with Crippen LogP contribution in [0, 0.1) is 0 Å². The third-order valence-electron chi connectivity index (χ3n) is 13.0. The van der Waals surface area contributed by atoms with Gasteiger partial charge in [-0.15, -0.1) is 0 Å². The molecule has 0 spiro atoms. The number of likely N-dealkylation sites (tertiary alicyclic amines) is 1. The number of halogens is 2. The maximum absolute atomic E-state index is 13.5. The summed E-state index contributed by atoms with van der Waals surface area (Å²) in [4.78, 5) is 44.7. The van der Waals surface area contributed by atoms with Gasteiger partial charge in [-0.25, -0.2) is 14.8 Å². The van der Waals surface area contributed by atoms with Crippen molar-refractivity contribution in [3.05, 3.63) is 47.0 Å². The zero-order valence-electron chi connectivity index (χ0n) is 34.0. The van der Waals surface area contributed by atoms with E-state index in [0.717, 1.165) is 25.7 Å². The highest BCUT2D eigenvalue weighted by Gasteiger charge is 2.47. The quantitative estimate of drug-likeness (QED) is 0.0765. The van der Waals surface area contributed by atoms with Crippen LogP contribution in [-0.2, 0) is 13.2 Å². The number of nitrogens with zero attached hydrogens (tertiary/aromatic N) is 15. The summed E-state index contributed by atoms with van der Waals surface area (Å²) in [7, 11) is 0. The maximum atomic E-state index is 13.5. The van der Waals surface area contributed by atoms with Gasteiger partial charge in [-0.05, 0) is 68.1 Å². The van der Waals surface area contributed by atoms with Gasteiger partial charge in [-0.3, -0.25) is 0 Å². The summed E-state index contributed by atoms with van der Waals surface area (Å²) < 4.78 is 3.35. The minimum atomic E-state index is -1.19. The van der Waals surface area contributed by atoms with Crippen LogP contribution >= 0.6 is 23.2 Å². The molecule has 0 unspecified atom stereocenters. The average molecular weight is 926 g/mol. The second-order valence-corrected chi connectivity index (χ2v) is 17.6. The van der Waals surface area contributed by atoms with Gasteiger partial charge in [0, 0.05) is 31.2 Å². The van der Waals surface area contributed by atoms with E-state index in [2.05, 4.69) is 66.2 Å². The Morgan fingerprint density at radius 2 is 1.11 bits per heavy atom. The Morgan fingerprint density at radius 1 is 0.641 bits per heavy atom. The lowest BCUT2D eigenvalue weighted by Gasteiger charge is -2.31. The number of aliphatic hydroxyl groups is 6. The van der Waals surface area contributed by atoms with E-state index in [-0.39, 0.29) is 60.8 Å². The van der Waals surface area contributed by atoms with Crippen molar-refractivity contribution in [1.29, 1.82) is 0 Å². The Morgan fingerprint density at radius 3 is 1.59 bits per heavy atom. The van der Waals surface area contributed by atoms with Crippen molar-refractivity contribution in [2.45, 2.75) is 125 Å². The molecule has 4 fully saturated rings. The van der Waals surface area contributed by atoms with E-state index in [9.17, 15) is 35.4 Å². The predicted octanol–water partition coefficient (Wildman–Crippen LogP) is -0.125. The number of hydrogen-bond donors (Lipinski definition) is 9. The van der Waals surface area contributed by atoms with Gasteiger partial charge in [0.15, 0.2) is 34.0 Å². The molecule has 6 aromatic heterocycles. The number of aliphatic hydroxyl groups excluding tert-OH is 6. The lowest BCUT2D eigenvalue weighted by Crippen LogP contribution is -2.46. The molecule has 3 aliphatic carbocycles. The number of carbonyl (C=O) groups is 1. The zero-order chi connectivity index (χ0) is 44.4. The van der Waals surface area contributed by atoms with Gasteiger partial charge in [0.1, 0.15) is 47.9 Å². The Labute approximate surface area is 372 Å². The fourth-order valence-electron chi connectivity index (χ4n) is 9.63. The lowest BCUT2D eigenvalue weighted by molar-refractivity contribution is 0.00491. The van der Waals surface area contributed by atoms with Crippen LogP contribution in [0.1, 0.15) is 80.5 Å². The highest BCUT2D eigenvalue weighted by molar-refractivity contribution is 6.29. The van der Waals surface area contributed by atoms with Crippen LogP contribution in [0.4, 0.5) is 16.4 Å². The van der Waals surface area contributed by atoms with Gasteiger partial charge in [0.2, 0.25) is 10.6 Å². The Hall–Kier alpha value is -5.41. The first-order valence-electron chi connectivity index (χ1n) is 21.1. The van der Waals surface area contributed by atoms with Crippen molar-refractivity contribution >= 4 is 63.2 Å². The van der Waals surface area contributed by atoms with E-state index in [1.54, 1.807) is 20.4 Å². The first-order valence-corrected chi connectivity index (χ1v) is 21.9. The molecule has 25 nitrogen and oxygen atoms in total. The Balaban J connectivity index is 0.736. The molecule has 7 heterocycles. The topological polar surface area (TPSA) is 326 Å². The standard InChI is InChI=1S/C37H46Cl2N18O7/c38-35-47-31(25-33(49-35)54(14-40-25)21-7-23(29(62)27(21)60)56-42-9-19(12-58)51-56)44-16-1-3-17(4-2-16)46-37(64)53-6-5-18(11-53)45-32-26-34(50-36(39)48-32)55(15-41-26)22-8-24(30(63)28(22)61)57-43-10-20(13-59)52-57/h9-10,14-18,21-24,27-30,58-63H,1-8,11-13H2,(H,46,64)(H,44,47,49)(H,45,48,50)/t16-,17-,18-,21-,22-,23+,24+,27+,28+,29-,30-/m1/s1. The van der Waals surface area contributed by atoms with Crippen LogP contribution in [0.15, 0.2) is 25.0 Å². The summed E-state index contributed by atoms with van der Waals surface area (Å²) in [6.07, 6.45) is 5.26. The number of nitrogens with one attached hydrogen (secondary N) is 3. The van der Waals surface area contributed by atoms with Crippen LogP contribution < -0.4 is 16.0 Å². The number of hydrogen-bond acceptors (Lipinski definition) is 19. The molecule has 340 valence electrons. The second kappa shape index (κ2) is 17.2. The molecule has 10 rings (SSSR count). The molecular formula is C37H46Cl2N18O7. The van der Waals surface area contributed by atoms with Gasteiger partial charge in [-0.2, -0.15) is 49.9 Å². The summed E-state index contributed by atoms with van der Waals surface area (Å²) >= 11 is 12.8. The molecule has 0 radical (unpaired) electrons. The van der Waals surface area contributed by atoms with Gasteiger partial charge < -0.3 is 60.6 Å². The van der Waals surface area contributed by atoms with Crippen LogP contribution in [0.25, 0.3) is 22.3 Å². The van der Waals surface area contributed by atoms with Crippen LogP contribution in [-0.4, -0.2) is 166 Å². The van der Waals surface area contributed by atoms with Crippen LogP contribution in [0.3, 0.4) is 0 Å². The summed E-state index contributed by atoms with van der Waals surface area (Å²) in [5.41, 5.74) is 2.34. The molecular weight excluding hydrogens is 879 g/mol. The molecule has 4 aliphatic rings. The molecule has 6 aromatic rings. The molecule has 0 bridgehead atoms. The number of aromatic nitrogens is 14. The first kappa shape index (κ1) is 42.5. The smallest absolute Gasteiger partial charge is 0.317 e. The van der Waals surface area contributed by atoms with Gasteiger partial charge >= 0.3 is 6.03 Å². The first-order chi connectivity index (χ1) is 31.0. The maximum Gasteiger partial charge on any atom is 0.317 e. The molecule has 0 aromatic carbocycles. The zero-order valence-corrected chi connectivity index (χ0v) is 35.5. The molecule has 3 saturated carbocycles. The molecule has 1 aliphatic heterocycles. The second-order valence-electron chi connectivity index (χ2n) is 16.9. The van der Waals surface area contributed by atoms with Crippen molar-refractivity contribution in [3.63, 3.8) is 0 Å². The minimum absolute atomic E-state index is 0.00877. The third-order valence-corrected chi connectivity index (χ3v) is 13.3. The molecule has 9 atom stereocenters. The fraction of sp³-hybridized carbons (Fsp3) is 0.595. The lowest BCUT2D eigenvalue weighted by atomic mass is 9.91. The highest BCUT2D eigenvalue weighted by atomic mass is 35.5. The average Bonchev–Trinajstić information content (AvgIpc) is 4.16. The number of imidazole rings is 2. The molecule has 64 heavy (non-hydrogen) atoms. The third kappa shape index (κ3) is 7.81. The predicted molar refractivity (Wildman–Crippen MR) is 224 cm³/mol.